The van der Waals surface area contributed by atoms with Crippen LogP contribution in [0.15, 0.2) is 48.5 Å². The van der Waals surface area contributed by atoms with E-state index in [2.05, 4.69) is 15.1 Å². The maximum Gasteiger partial charge on any atom is 0.241 e. The molecule has 0 bridgehead atoms. The minimum absolute atomic E-state index is 0.189. The van der Waals surface area contributed by atoms with Crippen LogP contribution in [0.2, 0.25) is 0 Å². The molecule has 1 fully saturated rings. The van der Waals surface area contributed by atoms with Crippen molar-refractivity contribution < 1.29 is 18.7 Å². The molecule has 6 nitrogen and oxygen atoms in total. The molecule has 0 spiro atoms. The molecule has 7 heteroatoms. The number of piperazine rings is 1. The van der Waals surface area contributed by atoms with E-state index in [1.807, 2.05) is 31.2 Å². The molecule has 3 rings (SSSR count). The van der Waals surface area contributed by atoms with Gasteiger partial charge in [-0.25, -0.2) is 4.39 Å². The topological polar surface area (TPSA) is 54.0 Å². The Bertz CT molecular complexity index is 792. The zero-order valence-corrected chi connectivity index (χ0v) is 16.9. The predicted octanol–water partition coefficient (Wildman–Crippen LogP) is 2.86. The molecule has 0 unspecified atom stereocenters. The first-order chi connectivity index (χ1) is 14.1. The number of nitrogens with one attached hydrogen (secondary N) is 1. The zero-order valence-electron chi connectivity index (χ0n) is 16.9. The number of nitrogens with zero attached hydrogens (tertiary/aromatic N) is 2. The molecule has 1 saturated heterocycles. The quantitative estimate of drug-likeness (QED) is 0.737. The second-order valence-electron chi connectivity index (χ2n) is 7.05. The Morgan fingerprint density at radius 3 is 2.38 bits per heavy atom. The largest absolute Gasteiger partial charge is 0.497 e. The van der Waals surface area contributed by atoms with Crippen molar-refractivity contribution in [3.8, 4) is 11.5 Å². The van der Waals surface area contributed by atoms with Gasteiger partial charge in [0, 0.05) is 32.7 Å². The van der Waals surface area contributed by atoms with Crippen LogP contribution in [0.25, 0.3) is 0 Å². The molecule has 1 aliphatic heterocycles. The summed E-state index contributed by atoms with van der Waals surface area (Å²) in [5, 5.41) is 2.68. The van der Waals surface area contributed by atoms with Crippen molar-refractivity contribution in [2.75, 3.05) is 51.8 Å². The Labute approximate surface area is 171 Å². The van der Waals surface area contributed by atoms with Gasteiger partial charge >= 0.3 is 0 Å². The maximum atomic E-state index is 13.7. The Hall–Kier alpha value is -2.64. The van der Waals surface area contributed by atoms with Crippen LogP contribution in [-0.4, -0.2) is 68.2 Å². The molecule has 2 aromatic rings. The number of hydrogen-bond donors (Lipinski definition) is 1. The standard InChI is InChI=1S/C22H28FN3O3/c1-17(22(27)24-21-6-4-3-5-20(21)23)26-13-11-25(12-14-26)15-16-29-19-9-7-18(28-2)8-10-19/h3-10,17H,11-16H2,1-2H3,(H,24,27)/t17-/m1/s1. The average Bonchev–Trinajstić information content (AvgIpc) is 2.76. The van der Waals surface area contributed by atoms with Crippen LogP contribution < -0.4 is 14.8 Å². The molecule has 2 aromatic carbocycles. The monoisotopic (exact) mass is 401 g/mol. The van der Waals surface area contributed by atoms with Crippen LogP contribution in [0.1, 0.15) is 6.92 Å². The van der Waals surface area contributed by atoms with E-state index in [-0.39, 0.29) is 17.6 Å². The SMILES string of the molecule is COc1ccc(OCCN2CCN([C@H](C)C(=O)Nc3ccccc3F)CC2)cc1. The lowest BCUT2D eigenvalue weighted by atomic mass is 10.2. The molecule has 1 atom stereocenters. The molecule has 0 saturated carbocycles. The van der Waals surface area contributed by atoms with E-state index in [4.69, 9.17) is 9.47 Å². The highest BCUT2D eigenvalue weighted by atomic mass is 19.1. The van der Waals surface area contributed by atoms with Crippen molar-refractivity contribution in [3.05, 3.63) is 54.3 Å². The number of para-hydroxylation sites is 1. The Morgan fingerprint density at radius 1 is 1.07 bits per heavy atom. The highest BCUT2D eigenvalue weighted by molar-refractivity contribution is 5.94. The number of ether oxygens (including phenoxy) is 2. The number of anilines is 1. The van der Waals surface area contributed by atoms with Gasteiger partial charge in [0.05, 0.1) is 18.8 Å². The first kappa shape index (κ1) is 21.1. The number of carbonyl (C=O) groups is 1. The Kier molecular flexibility index (Phi) is 7.43. The van der Waals surface area contributed by atoms with Gasteiger partial charge < -0.3 is 14.8 Å². The van der Waals surface area contributed by atoms with Gasteiger partial charge in [0.2, 0.25) is 5.91 Å². The number of rotatable bonds is 8. The lowest BCUT2D eigenvalue weighted by Crippen LogP contribution is -2.53. The third-order valence-corrected chi connectivity index (χ3v) is 5.20. The van der Waals surface area contributed by atoms with Crippen LogP contribution >= 0.6 is 0 Å². The summed E-state index contributed by atoms with van der Waals surface area (Å²) in [6.45, 7) is 6.60. The Balaban J connectivity index is 1.39. The lowest BCUT2D eigenvalue weighted by Gasteiger charge is -2.37. The molecule has 0 aliphatic carbocycles. The lowest BCUT2D eigenvalue weighted by molar-refractivity contribution is -0.121. The molecule has 1 N–H and O–H groups in total. The number of carbonyl (C=O) groups excluding carboxylic acids is 1. The average molecular weight is 401 g/mol. The van der Waals surface area contributed by atoms with Crippen LogP contribution in [0, 0.1) is 5.82 Å². The molecule has 1 amide bonds. The van der Waals surface area contributed by atoms with E-state index in [1.165, 1.54) is 6.07 Å². The number of hydrogen-bond acceptors (Lipinski definition) is 5. The minimum atomic E-state index is -0.422. The summed E-state index contributed by atoms with van der Waals surface area (Å²) in [4.78, 5) is 16.9. The molecular weight excluding hydrogens is 373 g/mol. The molecule has 1 aliphatic rings. The van der Waals surface area contributed by atoms with Gasteiger partial charge in [0.25, 0.3) is 0 Å². The highest BCUT2D eigenvalue weighted by Crippen LogP contribution is 2.17. The molecule has 29 heavy (non-hydrogen) atoms. The predicted molar refractivity (Wildman–Crippen MR) is 111 cm³/mol. The van der Waals surface area contributed by atoms with Gasteiger partial charge in [0.15, 0.2) is 0 Å². The number of methoxy groups -OCH3 is 1. The zero-order chi connectivity index (χ0) is 20.6. The summed E-state index contributed by atoms with van der Waals surface area (Å²) in [6, 6.07) is 13.5. The van der Waals surface area contributed by atoms with Crippen molar-refractivity contribution in [1.82, 2.24) is 9.80 Å². The van der Waals surface area contributed by atoms with Crippen LogP contribution in [0.3, 0.4) is 0 Å². The van der Waals surface area contributed by atoms with Gasteiger partial charge in [-0.1, -0.05) is 12.1 Å². The summed E-state index contributed by atoms with van der Waals surface area (Å²) in [7, 11) is 1.64. The smallest absolute Gasteiger partial charge is 0.241 e. The third-order valence-electron chi connectivity index (χ3n) is 5.20. The van der Waals surface area contributed by atoms with E-state index in [0.717, 1.165) is 44.2 Å². The van der Waals surface area contributed by atoms with Crippen molar-refractivity contribution in [3.63, 3.8) is 0 Å². The summed E-state index contributed by atoms with van der Waals surface area (Å²) >= 11 is 0. The molecular formula is C22H28FN3O3. The van der Waals surface area contributed by atoms with Crippen LogP contribution in [0.5, 0.6) is 11.5 Å². The normalized spacial score (nSPS) is 16.2. The fraction of sp³-hybridized carbons (Fsp3) is 0.409. The van der Waals surface area contributed by atoms with Crippen molar-refractivity contribution >= 4 is 11.6 Å². The number of halogens is 1. The molecule has 1 heterocycles. The van der Waals surface area contributed by atoms with E-state index >= 15 is 0 Å². The van der Waals surface area contributed by atoms with Gasteiger partial charge in [-0.05, 0) is 43.3 Å². The van der Waals surface area contributed by atoms with Crippen LogP contribution in [-0.2, 0) is 4.79 Å². The second-order valence-corrected chi connectivity index (χ2v) is 7.05. The van der Waals surface area contributed by atoms with E-state index in [0.29, 0.717) is 6.61 Å². The molecule has 0 radical (unpaired) electrons. The minimum Gasteiger partial charge on any atom is -0.497 e. The molecule has 0 aromatic heterocycles. The second kappa shape index (κ2) is 10.2. The highest BCUT2D eigenvalue weighted by Gasteiger charge is 2.25. The maximum absolute atomic E-state index is 13.7. The summed E-state index contributed by atoms with van der Waals surface area (Å²) in [5.41, 5.74) is 0.221. The number of benzene rings is 2. The van der Waals surface area contributed by atoms with Gasteiger partial charge in [0.1, 0.15) is 23.9 Å². The Morgan fingerprint density at radius 2 is 1.72 bits per heavy atom. The first-order valence-electron chi connectivity index (χ1n) is 9.85. The first-order valence-corrected chi connectivity index (χ1v) is 9.85. The summed E-state index contributed by atoms with van der Waals surface area (Å²) in [6.07, 6.45) is 0. The number of amides is 1. The summed E-state index contributed by atoms with van der Waals surface area (Å²) < 4.78 is 24.7. The van der Waals surface area contributed by atoms with Gasteiger partial charge in [-0.3, -0.25) is 14.6 Å². The van der Waals surface area contributed by atoms with Gasteiger partial charge in [-0.2, -0.15) is 0 Å². The van der Waals surface area contributed by atoms with Crippen molar-refractivity contribution in [2.24, 2.45) is 0 Å². The van der Waals surface area contributed by atoms with Crippen molar-refractivity contribution in [2.45, 2.75) is 13.0 Å². The van der Waals surface area contributed by atoms with Gasteiger partial charge in [-0.15, -0.1) is 0 Å². The van der Waals surface area contributed by atoms with Crippen molar-refractivity contribution in [1.29, 1.82) is 0 Å². The van der Waals surface area contributed by atoms with E-state index in [1.54, 1.807) is 25.3 Å². The summed E-state index contributed by atoms with van der Waals surface area (Å²) in [5.74, 6) is 1.02. The van der Waals surface area contributed by atoms with E-state index in [9.17, 15) is 9.18 Å². The van der Waals surface area contributed by atoms with E-state index < -0.39 is 5.82 Å². The fourth-order valence-corrected chi connectivity index (χ4v) is 3.30. The molecule has 156 valence electrons. The van der Waals surface area contributed by atoms with Crippen LogP contribution in [0.4, 0.5) is 10.1 Å². The third kappa shape index (κ3) is 5.92. The fourth-order valence-electron chi connectivity index (χ4n) is 3.30.